The largest absolute Gasteiger partial charge is 0.508 e. The second-order valence-corrected chi connectivity index (χ2v) is 8.56. The van der Waals surface area contributed by atoms with Crippen LogP contribution in [0.1, 0.15) is 40.0 Å². The molecule has 0 bridgehead atoms. The fraction of sp³-hybridized carbons (Fsp3) is 0.545. The molecule has 1 atom stereocenters. The first-order valence-corrected chi connectivity index (χ1v) is 10.4. The van der Waals surface area contributed by atoms with E-state index >= 15 is 0 Å². The number of aromatic hydroxyl groups is 2. The number of fused-ring (bicyclic) bond motifs is 1. The van der Waals surface area contributed by atoms with Gasteiger partial charge in [0, 0.05) is 18.7 Å². The van der Waals surface area contributed by atoms with Crippen molar-refractivity contribution in [1.82, 2.24) is 9.88 Å². The Kier molecular flexibility index (Phi) is 7.04. The van der Waals surface area contributed by atoms with Gasteiger partial charge >= 0.3 is 6.09 Å². The second kappa shape index (κ2) is 9.55. The molecule has 1 saturated heterocycles. The summed E-state index contributed by atoms with van der Waals surface area (Å²) < 4.78 is 31.1. The molecule has 2 N–H and O–H groups in total. The van der Waals surface area contributed by atoms with Crippen LogP contribution in [0, 0.1) is 5.82 Å². The molecule has 8 nitrogen and oxygen atoms in total. The van der Waals surface area contributed by atoms with E-state index in [9.17, 15) is 19.4 Å². The highest BCUT2D eigenvalue weighted by atomic mass is 19.1. The molecule has 0 saturated carbocycles. The Hall–Kier alpha value is -2.81. The van der Waals surface area contributed by atoms with Crippen molar-refractivity contribution in [3.8, 4) is 17.2 Å². The lowest BCUT2D eigenvalue weighted by atomic mass is 10.1. The number of nitrogens with zero attached hydrogens (tertiary/aromatic N) is 2. The lowest BCUT2D eigenvalue weighted by Crippen LogP contribution is -2.41. The zero-order valence-electron chi connectivity index (χ0n) is 18.1. The standard InChI is InChI=1S/C22H29FN2O6/c1-22(2,3)31-21(28)25-7-5-4-6-15(13-25)29-8-9-30-20-16(23)12-24-17-10-14(26)11-18(27)19(17)20/h10-12,15,26-27H,4-9,13H2,1-3H3/t15-/m1/s1. The Morgan fingerprint density at radius 1 is 1.26 bits per heavy atom. The van der Waals surface area contributed by atoms with Crippen LogP contribution in [0.15, 0.2) is 18.3 Å². The van der Waals surface area contributed by atoms with Crippen molar-refractivity contribution < 1.29 is 33.6 Å². The van der Waals surface area contributed by atoms with E-state index in [1.54, 1.807) is 4.90 Å². The number of rotatable bonds is 5. The summed E-state index contributed by atoms with van der Waals surface area (Å²) in [6.45, 7) is 6.74. The van der Waals surface area contributed by atoms with Crippen LogP contribution in [0.25, 0.3) is 10.9 Å². The van der Waals surface area contributed by atoms with Crippen molar-refractivity contribution in [2.75, 3.05) is 26.3 Å². The van der Waals surface area contributed by atoms with E-state index in [-0.39, 0.29) is 53.6 Å². The van der Waals surface area contributed by atoms with Crippen LogP contribution in [0.3, 0.4) is 0 Å². The molecule has 0 spiro atoms. The van der Waals surface area contributed by atoms with Crippen molar-refractivity contribution in [1.29, 1.82) is 0 Å². The SMILES string of the molecule is CC(C)(C)OC(=O)N1CCCC[C@@H](OCCOc2c(F)cnc3cc(O)cc(O)c23)C1. The van der Waals surface area contributed by atoms with Gasteiger partial charge in [0.1, 0.15) is 23.7 Å². The maximum atomic E-state index is 14.3. The van der Waals surface area contributed by atoms with E-state index in [0.717, 1.165) is 31.5 Å². The monoisotopic (exact) mass is 436 g/mol. The molecule has 0 unspecified atom stereocenters. The number of halogens is 1. The zero-order chi connectivity index (χ0) is 22.6. The quantitative estimate of drug-likeness (QED) is 0.684. The Labute approximate surface area is 180 Å². The highest BCUT2D eigenvalue weighted by Crippen LogP contribution is 2.36. The highest BCUT2D eigenvalue weighted by molar-refractivity contribution is 5.91. The molecular weight excluding hydrogens is 407 g/mol. The summed E-state index contributed by atoms with van der Waals surface area (Å²) in [7, 11) is 0. The van der Waals surface area contributed by atoms with Crippen molar-refractivity contribution in [3.05, 3.63) is 24.1 Å². The molecule has 1 fully saturated rings. The molecule has 0 aliphatic carbocycles. The number of ether oxygens (including phenoxy) is 3. The minimum Gasteiger partial charge on any atom is -0.508 e. The third-order valence-electron chi connectivity index (χ3n) is 4.81. The molecule has 0 radical (unpaired) electrons. The summed E-state index contributed by atoms with van der Waals surface area (Å²) >= 11 is 0. The molecular formula is C22H29FN2O6. The lowest BCUT2D eigenvalue weighted by Gasteiger charge is -2.28. The van der Waals surface area contributed by atoms with Crippen molar-refractivity contribution in [2.24, 2.45) is 0 Å². The van der Waals surface area contributed by atoms with Crippen LogP contribution in [0.5, 0.6) is 17.2 Å². The summed E-state index contributed by atoms with van der Waals surface area (Å²) in [5, 5.41) is 19.8. The van der Waals surface area contributed by atoms with Crippen LogP contribution in [0.2, 0.25) is 0 Å². The van der Waals surface area contributed by atoms with Crippen LogP contribution in [-0.4, -0.2) is 64.2 Å². The van der Waals surface area contributed by atoms with Crippen LogP contribution < -0.4 is 4.74 Å². The Morgan fingerprint density at radius 2 is 2.03 bits per heavy atom. The van der Waals surface area contributed by atoms with Gasteiger partial charge in [-0.1, -0.05) is 0 Å². The number of pyridine rings is 1. The summed E-state index contributed by atoms with van der Waals surface area (Å²) in [6.07, 6.45) is 3.03. The highest BCUT2D eigenvalue weighted by Gasteiger charge is 2.26. The predicted octanol–water partition coefficient (Wildman–Crippen LogP) is 3.97. The van der Waals surface area contributed by atoms with Crippen molar-refractivity contribution in [3.63, 3.8) is 0 Å². The summed E-state index contributed by atoms with van der Waals surface area (Å²) in [5.41, 5.74) is -0.348. The van der Waals surface area contributed by atoms with Gasteiger partial charge in [0.15, 0.2) is 11.6 Å². The predicted molar refractivity (Wildman–Crippen MR) is 112 cm³/mol. The number of carbonyl (C=O) groups excluding carboxylic acids is 1. The average Bonchev–Trinajstić information content (AvgIpc) is 2.91. The van der Waals surface area contributed by atoms with Crippen LogP contribution in [0.4, 0.5) is 9.18 Å². The van der Waals surface area contributed by atoms with E-state index in [1.807, 2.05) is 20.8 Å². The average molecular weight is 436 g/mol. The van der Waals surface area contributed by atoms with E-state index in [4.69, 9.17) is 14.2 Å². The van der Waals surface area contributed by atoms with Gasteiger partial charge in [0.05, 0.1) is 36.4 Å². The number of carbonyl (C=O) groups is 1. The molecule has 1 aromatic carbocycles. The normalized spacial score (nSPS) is 17.4. The van der Waals surface area contributed by atoms with Crippen LogP contribution in [-0.2, 0) is 9.47 Å². The first-order chi connectivity index (χ1) is 14.6. The van der Waals surface area contributed by atoms with Crippen molar-refractivity contribution >= 4 is 17.0 Å². The number of hydrogen-bond acceptors (Lipinski definition) is 7. The number of hydrogen-bond donors (Lipinski definition) is 2. The summed E-state index contributed by atoms with van der Waals surface area (Å²) in [5.74, 6) is -1.38. The topological polar surface area (TPSA) is 101 Å². The zero-order valence-corrected chi connectivity index (χ0v) is 18.1. The number of aromatic nitrogens is 1. The van der Waals surface area contributed by atoms with Crippen LogP contribution >= 0.6 is 0 Å². The van der Waals surface area contributed by atoms with Gasteiger partial charge in [0.25, 0.3) is 0 Å². The van der Waals surface area contributed by atoms with Gasteiger partial charge < -0.3 is 29.3 Å². The first kappa shape index (κ1) is 22.9. The van der Waals surface area contributed by atoms with Crippen molar-refractivity contribution in [2.45, 2.75) is 51.7 Å². The molecule has 170 valence electrons. The maximum absolute atomic E-state index is 14.3. The number of phenols is 2. The molecule has 1 amide bonds. The number of phenolic OH excluding ortho intramolecular Hbond substituents is 2. The summed E-state index contributed by atoms with van der Waals surface area (Å²) in [4.78, 5) is 17.9. The second-order valence-electron chi connectivity index (χ2n) is 8.56. The Bertz CT molecular complexity index is 930. The lowest BCUT2D eigenvalue weighted by molar-refractivity contribution is -0.00491. The smallest absolute Gasteiger partial charge is 0.410 e. The van der Waals surface area contributed by atoms with Gasteiger partial charge in [-0.15, -0.1) is 0 Å². The van der Waals surface area contributed by atoms with Gasteiger partial charge in [-0.05, 0) is 40.0 Å². The van der Waals surface area contributed by atoms with Gasteiger partial charge in [-0.25, -0.2) is 9.18 Å². The molecule has 3 rings (SSSR count). The molecule has 1 aromatic heterocycles. The van der Waals surface area contributed by atoms with E-state index < -0.39 is 11.4 Å². The maximum Gasteiger partial charge on any atom is 0.410 e. The first-order valence-electron chi connectivity index (χ1n) is 10.4. The van der Waals surface area contributed by atoms with Gasteiger partial charge in [-0.2, -0.15) is 0 Å². The Balaban J connectivity index is 1.58. The minimum atomic E-state index is -0.723. The number of benzene rings is 1. The molecule has 2 heterocycles. The molecule has 9 heteroatoms. The fourth-order valence-electron chi connectivity index (χ4n) is 3.47. The number of amides is 1. The molecule has 31 heavy (non-hydrogen) atoms. The van der Waals surface area contributed by atoms with Gasteiger partial charge in [0.2, 0.25) is 0 Å². The number of likely N-dealkylation sites (tertiary alicyclic amines) is 1. The minimum absolute atomic E-state index is 0.0410. The third-order valence-corrected chi connectivity index (χ3v) is 4.81. The van der Waals surface area contributed by atoms with E-state index in [0.29, 0.717) is 13.1 Å². The molecule has 2 aromatic rings. The third kappa shape index (κ3) is 6.10. The Morgan fingerprint density at radius 3 is 2.77 bits per heavy atom. The van der Waals surface area contributed by atoms with E-state index in [2.05, 4.69) is 4.98 Å². The molecule has 1 aliphatic rings. The summed E-state index contributed by atoms with van der Waals surface area (Å²) in [6, 6.07) is 2.41. The fourth-order valence-corrected chi connectivity index (χ4v) is 3.47. The van der Waals surface area contributed by atoms with E-state index in [1.165, 1.54) is 6.07 Å². The molecule has 1 aliphatic heterocycles. The van der Waals surface area contributed by atoms with Gasteiger partial charge in [-0.3, -0.25) is 4.98 Å².